The first kappa shape index (κ1) is 7.08. The van der Waals surface area contributed by atoms with Gasteiger partial charge < -0.3 is 11.1 Å². The Morgan fingerprint density at radius 1 is 1.70 bits per heavy atom. The molecule has 4 heteroatoms. The summed E-state index contributed by atoms with van der Waals surface area (Å²) in [4.78, 5) is 3.95. The summed E-state index contributed by atoms with van der Waals surface area (Å²) >= 11 is 0. The fourth-order valence-corrected chi connectivity index (χ4v) is 0.986. The Balaban J connectivity index is 2.88. The molecule has 0 bridgehead atoms. The van der Waals surface area contributed by atoms with E-state index in [1.165, 1.54) is 0 Å². The molecule has 0 amide bonds. The molecular formula is C6H12N4. The molecule has 0 saturated carbocycles. The SMILES string of the molecule is CC1=CC(N)=NC(C)(N)N1. The second kappa shape index (κ2) is 1.98. The normalized spacial score (nSPS) is 32.3. The summed E-state index contributed by atoms with van der Waals surface area (Å²) in [6.45, 7) is 3.66. The molecule has 0 fully saturated rings. The summed E-state index contributed by atoms with van der Waals surface area (Å²) in [6, 6.07) is 0. The minimum atomic E-state index is -0.733. The summed E-state index contributed by atoms with van der Waals surface area (Å²) in [5.41, 5.74) is 12.0. The zero-order valence-corrected chi connectivity index (χ0v) is 6.18. The van der Waals surface area contributed by atoms with Crippen molar-refractivity contribution >= 4 is 5.84 Å². The molecule has 1 aliphatic rings. The van der Waals surface area contributed by atoms with Gasteiger partial charge in [-0.1, -0.05) is 0 Å². The Hall–Kier alpha value is -1.03. The molecule has 0 aromatic heterocycles. The molecule has 0 radical (unpaired) electrons. The predicted molar refractivity (Wildman–Crippen MR) is 41.1 cm³/mol. The van der Waals surface area contributed by atoms with Crippen LogP contribution in [0.3, 0.4) is 0 Å². The van der Waals surface area contributed by atoms with Gasteiger partial charge in [0.1, 0.15) is 5.84 Å². The van der Waals surface area contributed by atoms with Crippen LogP contribution in [0.2, 0.25) is 0 Å². The van der Waals surface area contributed by atoms with Crippen LogP contribution in [0.15, 0.2) is 16.8 Å². The van der Waals surface area contributed by atoms with Crippen molar-refractivity contribution in [3.63, 3.8) is 0 Å². The molecule has 5 N–H and O–H groups in total. The molecule has 4 nitrogen and oxygen atoms in total. The second-order valence-electron chi connectivity index (χ2n) is 2.64. The number of aliphatic imine (C=N–C) groups is 1. The topological polar surface area (TPSA) is 76.4 Å². The molecule has 1 heterocycles. The van der Waals surface area contributed by atoms with E-state index in [4.69, 9.17) is 11.5 Å². The van der Waals surface area contributed by atoms with E-state index < -0.39 is 5.79 Å². The molecule has 10 heavy (non-hydrogen) atoms. The number of nitrogens with two attached hydrogens (primary N) is 2. The Kier molecular flexibility index (Phi) is 1.40. The van der Waals surface area contributed by atoms with Gasteiger partial charge in [-0.3, -0.25) is 5.73 Å². The van der Waals surface area contributed by atoms with E-state index in [0.29, 0.717) is 5.84 Å². The van der Waals surface area contributed by atoms with E-state index in [2.05, 4.69) is 10.3 Å². The zero-order valence-electron chi connectivity index (χ0n) is 6.18. The van der Waals surface area contributed by atoms with Gasteiger partial charge in [-0.05, 0) is 19.9 Å². The van der Waals surface area contributed by atoms with Crippen molar-refractivity contribution in [2.24, 2.45) is 16.5 Å². The smallest absolute Gasteiger partial charge is 0.181 e. The van der Waals surface area contributed by atoms with Gasteiger partial charge in [0.05, 0.1) is 0 Å². The van der Waals surface area contributed by atoms with E-state index in [-0.39, 0.29) is 0 Å². The van der Waals surface area contributed by atoms with Gasteiger partial charge in [-0.25, -0.2) is 4.99 Å². The molecule has 1 atom stereocenters. The summed E-state index contributed by atoms with van der Waals surface area (Å²) < 4.78 is 0. The first-order valence-corrected chi connectivity index (χ1v) is 3.10. The number of rotatable bonds is 0. The molecule has 56 valence electrons. The van der Waals surface area contributed by atoms with Crippen LogP contribution in [0, 0.1) is 0 Å². The first-order valence-electron chi connectivity index (χ1n) is 3.10. The van der Waals surface area contributed by atoms with Crippen LogP contribution in [-0.2, 0) is 0 Å². The van der Waals surface area contributed by atoms with Crippen LogP contribution in [0.4, 0.5) is 0 Å². The maximum absolute atomic E-state index is 5.64. The third-order valence-corrected chi connectivity index (χ3v) is 1.18. The number of hydrogen-bond acceptors (Lipinski definition) is 4. The van der Waals surface area contributed by atoms with Crippen LogP contribution in [0.25, 0.3) is 0 Å². The third kappa shape index (κ3) is 1.48. The fraction of sp³-hybridized carbons (Fsp3) is 0.500. The number of nitrogens with zero attached hydrogens (tertiary/aromatic N) is 1. The summed E-state index contributed by atoms with van der Waals surface area (Å²) in [5, 5.41) is 2.96. The molecule has 0 spiro atoms. The van der Waals surface area contributed by atoms with E-state index >= 15 is 0 Å². The van der Waals surface area contributed by atoms with Crippen LogP contribution in [-0.4, -0.2) is 11.6 Å². The van der Waals surface area contributed by atoms with Crippen molar-refractivity contribution in [1.29, 1.82) is 0 Å². The van der Waals surface area contributed by atoms with E-state index in [1.807, 2.05) is 6.92 Å². The largest absolute Gasteiger partial charge is 0.384 e. The zero-order chi connectivity index (χ0) is 7.78. The van der Waals surface area contributed by atoms with Crippen LogP contribution in [0.5, 0.6) is 0 Å². The fourth-order valence-electron chi connectivity index (χ4n) is 0.986. The number of amidine groups is 1. The molecule has 0 aromatic rings. The minimum Gasteiger partial charge on any atom is -0.384 e. The average molecular weight is 140 g/mol. The van der Waals surface area contributed by atoms with Crippen LogP contribution < -0.4 is 16.8 Å². The van der Waals surface area contributed by atoms with E-state index in [1.54, 1.807) is 13.0 Å². The van der Waals surface area contributed by atoms with Gasteiger partial charge in [0, 0.05) is 5.70 Å². The molecule has 0 aromatic carbocycles. The monoisotopic (exact) mass is 140 g/mol. The Morgan fingerprint density at radius 3 is 2.70 bits per heavy atom. The summed E-state index contributed by atoms with van der Waals surface area (Å²) in [6.07, 6.45) is 1.74. The Morgan fingerprint density at radius 2 is 2.30 bits per heavy atom. The van der Waals surface area contributed by atoms with E-state index in [0.717, 1.165) is 5.70 Å². The Bertz CT molecular complexity index is 202. The van der Waals surface area contributed by atoms with Crippen molar-refractivity contribution < 1.29 is 0 Å². The molecule has 0 aliphatic carbocycles. The van der Waals surface area contributed by atoms with E-state index in [9.17, 15) is 0 Å². The third-order valence-electron chi connectivity index (χ3n) is 1.18. The summed E-state index contributed by atoms with van der Waals surface area (Å²) in [7, 11) is 0. The van der Waals surface area contributed by atoms with Crippen molar-refractivity contribution in [2.45, 2.75) is 19.6 Å². The highest BCUT2D eigenvalue weighted by Gasteiger charge is 2.19. The number of nitrogens with one attached hydrogen (secondary N) is 1. The maximum Gasteiger partial charge on any atom is 0.181 e. The highest BCUT2D eigenvalue weighted by atomic mass is 15.3. The lowest BCUT2D eigenvalue weighted by molar-refractivity contribution is 0.420. The molecular weight excluding hydrogens is 128 g/mol. The van der Waals surface area contributed by atoms with Crippen molar-refractivity contribution in [3.05, 3.63) is 11.8 Å². The van der Waals surface area contributed by atoms with Crippen molar-refractivity contribution in [1.82, 2.24) is 5.32 Å². The average Bonchev–Trinajstić information content (AvgIpc) is 1.54. The van der Waals surface area contributed by atoms with Gasteiger partial charge in [0.15, 0.2) is 5.79 Å². The van der Waals surface area contributed by atoms with Crippen LogP contribution >= 0.6 is 0 Å². The number of allylic oxidation sites excluding steroid dienone is 1. The predicted octanol–water partition coefficient (Wildman–Crippen LogP) is -0.517. The standard InChI is InChI=1S/C6H12N4/c1-4-3-5(7)10-6(2,8)9-4/h3,9H,8H2,1-2H3,(H2,7,10). The van der Waals surface area contributed by atoms with Crippen molar-refractivity contribution in [3.8, 4) is 0 Å². The van der Waals surface area contributed by atoms with Gasteiger partial charge >= 0.3 is 0 Å². The van der Waals surface area contributed by atoms with Gasteiger partial charge in [-0.2, -0.15) is 0 Å². The first-order chi connectivity index (χ1) is 4.49. The number of hydrogen-bond donors (Lipinski definition) is 3. The van der Waals surface area contributed by atoms with Gasteiger partial charge in [0.25, 0.3) is 0 Å². The summed E-state index contributed by atoms with van der Waals surface area (Å²) in [5.74, 6) is -0.260. The second-order valence-corrected chi connectivity index (χ2v) is 2.64. The quantitative estimate of drug-likeness (QED) is 0.424. The van der Waals surface area contributed by atoms with Crippen molar-refractivity contribution in [2.75, 3.05) is 0 Å². The lowest BCUT2D eigenvalue weighted by Gasteiger charge is -2.26. The molecule has 1 rings (SSSR count). The molecule has 0 saturated heterocycles. The van der Waals surface area contributed by atoms with Crippen LogP contribution in [0.1, 0.15) is 13.8 Å². The van der Waals surface area contributed by atoms with Gasteiger partial charge in [0.2, 0.25) is 0 Å². The molecule has 1 aliphatic heterocycles. The minimum absolute atomic E-state index is 0.473. The highest BCUT2D eigenvalue weighted by Crippen LogP contribution is 2.05. The highest BCUT2D eigenvalue weighted by molar-refractivity contribution is 5.92. The maximum atomic E-state index is 5.64. The lowest BCUT2D eigenvalue weighted by atomic mass is 10.3. The Labute approximate surface area is 60.0 Å². The molecule has 1 unspecified atom stereocenters. The lowest BCUT2D eigenvalue weighted by Crippen LogP contribution is -2.51. The van der Waals surface area contributed by atoms with Gasteiger partial charge in [-0.15, -0.1) is 0 Å².